The molecule has 0 radical (unpaired) electrons. The van der Waals surface area contributed by atoms with Crippen molar-refractivity contribution in [2.75, 3.05) is 6.26 Å². The lowest BCUT2D eigenvalue weighted by molar-refractivity contribution is -0.139. The van der Waals surface area contributed by atoms with Gasteiger partial charge in [0.25, 0.3) is 5.56 Å². The summed E-state index contributed by atoms with van der Waals surface area (Å²) in [6.07, 6.45) is 2.24. The van der Waals surface area contributed by atoms with E-state index >= 15 is 0 Å². The fraction of sp³-hybridized carbons (Fsp3) is 0.333. The van der Waals surface area contributed by atoms with E-state index in [1.54, 1.807) is 30.5 Å². The molecule has 2 aromatic rings. The van der Waals surface area contributed by atoms with Gasteiger partial charge in [-0.25, -0.2) is 8.42 Å². The molecule has 0 aliphatic heterocycles. The van der Waals surface area contributed by atoms with Gasteiger partial charge in [-0.3, -0.25) is 9.59 Å². The molecule has 6 nitrogen and oxygen atoms in total. The van der Waals surface area contributed by atoms with Crippen LogP contribution in [0.4, 0.5) is 0 Å². The Kier molecular flexibility index (Phi) is 4.68. The number of benzene rings is 1. The number of carboxylic acids is 1. The first kappa shape index (κ1) is 17.7. The summed E-state index contributed by atoms with van der Waals surface area (Å²) >= 11 is 3.33. The highest BCUT2D eigenvalue weighted by atomic mass is 79.9. The molecule has 0 fully saturated rings. The van der Waals surface area contributed by atoms with E-state index in [0.717, 1.165) is 23.0 Å². The van der Waals surface area contributed by atoms with Crippen LogP contribution in [0.1, 0.15) is 13.3 Å². The molecule has 1 N–H and O–H groups in total. The maximum Gasteiger partial charge on any atom is 0.324 e. The summed E-state index contributed by atoms with van der Waals surface area (Å²) in [7, 11) is -3.82. The minimum Gasteiger partial charge on any atom is -0.480 e. The molecule has 2 rings (SSSR count). The van der Waals surface area contributed by atoms with E-state index in [9.17, 15) is 23.1 Å². The van der Waals surface area contributed by atoms with Gasteiger partial charge in [0, 0.05) is 28.9 Å². The Morgan fingerprint density at radius 2 is 2.00 bits per heavy atom. The Hall–Kier alpha value is -1.67. The molecule has 0 unspecified atom stereocenters. The lowest BCUT2D eigenvalue weighted by Crippen LogP contribution is -2.44. The van der Waals surface area contributed by atoms with Crippen molar-refractivity contribution >= 4 is 42.5 Å². The summed E-state index contributed by atoms with van der Waals surface area (Å²) in [5.74, 6) is -1.42. The Morgan fingerprint density at radius 1 is 1.35 bits per heavy atom. The smallest absolute Gasteiger partial charge is 0.324 e. The largest absolute Gasteiger partial charge is 0.480 e. The van der Waals surface area contributed by atoms with Gasteiger partial charge < -0.3 is 9.67 Å². The van der Waals surface area contributed by atoms with E-state index in [1.807, 2.05) is 0 Å². The average Bonchev–Trinajstić information content (AvgIpc) is 2.44. The molecule has 1 aromatic carbocycles. The molecule has 0 bridgehead atoms. The SMILES string of the molecule is C[C@@](CCn1ccc2cc(Br)ccc2c1=O)(C(=O)O)S(C)(=O)=O. The molecule has 8 heteroatoms. The third-order valence-corrected chi connectivity index (χ3v) is 6.55. The highest BCUT2D eigenvalue weighted by molar-refractivity contribution is 9.10. The highest BCUT2D eigenvalue weighted by Gasteiger charge is 2.43. The van der Waals surface area contributed by atoms with Crippen molar-refractivity contribution in [2.24, 2.45) is 0 Å². The van der Waals surface area contributed by atoms with Gasteiger partial charge in [-0.05, 0) is 43.0 Å². The fourth-order valence-electron chi connectivity index (χ4n) is 2.22. The van der Waals surface area contributed by atoms with Gasteiger partial charge in [-0.2, -0.15) is 0 Å². The van der Waals surface area contributed by atoms with Crippen LogP contribution in [-0.4, -0.2) is 35.1 Å². The van der Waals surface area contributed by atoms with Crippen LogP contribution in [0.15, 0.2) is 39.7 Å². The lowest BCUT2D eigenvalue weighted by Gasteiger charge is -2.23. The number of fused-ring (bicyclic) bond motifs is 1. The maximum absolute atomic E-state index is 12.4. The van der Waals surface area contributed by atoms with Crippen molar-refractivity contribution in [3.05, 3.63) is 45.3 Å². The molecule has 23 heavy (non-hydrogen) atoms. The predicted molar refractivity (Wildman–Crippen MR) is 91.4 cm³/mol. The Balaban J connectivity index is 2.40. The number of sulfone groups is 1. The number of halogens is 1. The molecule has 0 amide bonds. The van der Waals surface area contributed by atoms with E-state index in [2.05, 4.69) is 15.9 Å². The second-order valence-corrected chi connectivity index (χ2v) is 8.97. The van der Waals surface area contributed by atoms with Crippen molar-refractivity contribution in [3.63, 3.8) is 0 Å². The number of nitrogens with zero attached hydrogens (tertiary/aromatic N) is 1. The average molecular weight is 402 g/mol. The molecule has 0 saturated heterocycles. The Bertz CT molecular complexity index is 935. The summed E-state index contributed by atoms with van der Waals surface area (Å²) < 4.78 is 23.8. The number of aliphatic carboxylic acids is 1. The molecular formula is C15H16BrNO5S. The van der Waals surface area contributed by atoms with Gasteiger partial charge >= 0.3 is 5.97 Å². The molecule has 124 valence electrons. The fourth-order valence-corrected chi connectivity index (χ4v) is 3.38. The first-order chi connectivity index (χ1) is 10.6. The van der Waals surface area contributed by atoms with Gasteiger partial charge in [0.1, 0.15) is 0 Å². The first-order valence-corrected chi connectivity index (χ1v) is 9.46. The maximum atomic E-state index is 12.4. The summed E-state index contributed by atoms with van der Waals surface area (Å²) in [5, 5.41) is 10.5. The van der Waals surface area contributed by atoms with Crippen LogP contribution in [0.3, 0.4) is 0 Å². The normalized spacial score (nSPS) is 14.6. The van der Waals surface area contributed by atoms with Gasteiger partial charge in [0.05, 0.1) is 0 Å². The second-order valence-electron chi connectivity index (χ2n) is 5.60. The zero-order valence-electron chi connectivity index (χ0n) is 12.6. The highest BCUT2D eigenvalue weighted by Crippen LogP contribution is 2.22. The van der Waals surface area contributed by atoms with Gasteiger partial charge in [-0.1, -0.05) is 15.9 Å². The second kappa shape index (κ2) is 6.09. The van der Waals surface area contributed by atoms with Gasteiger partial charge in [0.15, 0.2) is 14.6 Å². The zero-order chi connectivity index (χ0) is 17.4. The first-order valence-electron chi connectivity index (χ1n) is 6.78. The third-order valence-electron chi connectivity index (χ3n) is 4.04. The molecule has 0 aliphatic carbocycles. The summed E-state index contributed by atoms with van der Waals surface area (Å²) in [6.45, 7) is 1.16. The molecule has 1 aromatic heterocycles. The van der Waals surface area contributed by atoms with Crippen LogP contribution in [0.5, 0.6) is 0 Å². The zero-order valence-corrected chi connectivity index (χ0v) is 15.0. The quantitative estimate of drug-likeness (QED) is 0.826. The Morgan fingerprint density at radius 3 is 2.57 bits per heavy atom. The minimum atomic E-state index is -3.82. The third kappa shape index (κ3) is 3.32. The summed E-state index contributed by atoms with van der Waals surface area (Å²) in [4.78, 5) is 23.8. The van der Waals surface area contributed by atoms with Crippen LogP contribution >= 0.6 is 15.9 Å². The van der Waals surface area contributed by atoms with E-state index < -0.39 is 20.6 Å². The van der Waals surface area contributed by atoms with Crippen LogP contribution in [0, 0.1) is 0 Å². The summed E-state index contributed by atoms with van der Waals surface area (Å²) in [5.41, 5.74) is -0.281. The van der Waals surface area contributed by atoms with Crippen LogP contribution in [0.25, 0.3) is 10.8 Å². The van der Waals surface area contributed by atoms with Crippen LogP contribution in [-0.2, 0) is 21.2 Å². The number of carboxylic acid groups (broad SMARTS) is 1. The number of hydrogen-bond donors (Lipinski definition) is 1. The predicted octanol–water partition coefficient (Wildman–Crippen LogP) is 2.04. The van der Waals surface area contributed by atoms with E-state index in [-0.39, 0.29) is 18.5 Å². The van der Waals surface area contributed by atoms with Crippen molar-refractivity contribution in [3.8, 4) is 0 Å². The monoisotopic (exact) mass is 401 g/mol. The van der Waals surface area contributed by atoms with Crippen molar-refractivity contribution in [1.29, 1.82) is 0 Å². The number of hydrogen-bond acceptors (Lipinski definition) is 4. The van der Waals surface area contributed by atoms with E-state index in [4.69, 9.17) is 0 Å². The number of carbonyl (C=O) groups is 1. The molecule has 0 spiro atoms. The van der Waals surface area contributed by atoms with Crippen molar-refractivity contribution in [2.45, 2.75) is 24.6 Å². The van der Waals surface area contributed by atoms with E-state index in [0.29, 0.717) is 5.39 Å². The number of pyridine rings is 1. The molecule has 1 atom stereocenters. The van der Waals surface area contributed by atoms with Gasteiger partial charge in [-0.15, -0.1) is 0 Å². The summed E-state index contributed by atoms with van der Waals surface area (Å²) in [6, 6.07) is 6.95. The van der Waals surface area contributed by atoms with Crippen LogP contribution < -0.4 is 5.56 Å². The molecule has 0 saturated carbocycles. The lowest BCUT2D eigenvalue weighted by atomic mass is 10.1. The van der Waals surface area contributed by atoms with Crippen molar-refractivity contribution in [1.82, 2.24) is 4.57 Å². The van der Waals surface area contributed by atoms with Gasteiger partial charge in [0.2, 0.25) is 0 Å². The van der Waals surface area contributed by atoms with Crippen LogP contribution in [0.2, 0.25) is 0 Å². The number of aromatic nitrogens is 1. The number of aryl methyl sites for hydroxylation is 1. The standard InChI is InChI=1S/C15H16BrNO5S/c1-15(14(19)20,23(2,21)22)6-8-17-7-5-10-9-11(16)3-4-12(10)13(17)18/h3-5,7,9H,6,8H2,1-2H3,(H,19,20)/t15-/m1/s1. The molecular weight excluding hydrogens is 386 g/mol. The number of rotatable bonds is 5. The molecule has 0 aliphatic rings. The van der Waals surface area contributed by atoms with Crippen molar-refractivity contribution < 1.29 is 18.3 Å². The Labute approximate surface area is 141 Å². The van der Waals surface area contributed by atoms with E-state index in [1.165, 1.54) is 4.57 Å². The molecule has 1 heterocycles. The topological polar surface area (TPSA) is 93.4 Å². The minimum absolute atomic E-state index is 0.000702.